The number of halogens is 1. The maximum absolute atomic E-state index is 6.43. The third-order valence-corrected chi connectivity index (χ3v) is 4.57. The Balaban J connectivity index is 0.00000225. The van der Waals surface area contributed by atoms with Gasteiger partial charge in [-0.25, -0.2) is 4.99 Å². The summed E-state index contributed by atoms with van der Waals surface area (Å²) in [6, 6.07) is 24.1. The van der Waals surface area contributed by atoms with Crippen LogP contribution in [0.15, 0.2) is 82.8 Å². The number of nitrogens with zero attached hydrogens (tertiary/aromatic N) is 3. The van der Waals surface area contributed by atoms with E-state index in [9.17, 15) is 0 Å². The lowest BCUT2D eigenvalue weighted by Crippen LogP contribution is -2.40. The molecule has 3 aromatic rings. The summed E-state index contributed by atoms with van der Waals surface area (Å²) in [6.07, 6.45) is 0. The lowest BCUT2D eigenvalue weighted by atomic mass is 10.0. The average Bonchev–Trinajstić information content (AvgIpc) is 2.74. The van der Waals surface area contributed by atoms with Gasteiger partial charge in [0.2, 0.25) is 5.96 Å². The quantitative estimate of drug-likeness (QED) is 0.528. The first kappa shape index (κ1) is 19.9. The minimum atomic E-state index is 0. The van der Waals surface area contributed by atoms with Crippen molar-refractivity contribution in [1.29, 1.82) is 0 Å². The molecule has 28 heavy (non-hydrogen) atoms. The molecule has 1 aliphatic rings. The molecular weight excluding hydrogens is 372 g/mol. The van der Waals surface area contributed by atoms with Crippen LogP contribution < -0.4 is 5.73 Å². The number of benzene rings is 3. The van der Waals surface area contributed by atoms with E-state index in [4.69, 9.17) is 20.5 Å². The zero-order valence-electron chi connectivity index (χ0n) is 15.5. The van der Waals surface area contributed by atoms with Crippen LogP contribution in [0.2, 0.25) is 0 Å². The van der Waals surface area contributed by atoms with Crippen molar-refractivity contribution in [3.05, 3.63) is 78.4 Å². The predicted octanol–water partition coefficient (Wildman–Crippen LogP) is 3.99. The van der Waals surface area contributed by atoms with Crippen LogP contribution in [0.3, 0.4) is 0 Å². The number of hydrogen-bond acceptors (Lipinski definition) is 2. The summed E-state index contributed by atoms with van der Waals surface area (Å²) in [5.41, 5.74) is 8.21. The molecule has 0 atom stereocenters. The summed E-state index contributed by atoms with van der Waals surface area (Å²) in [5.74, 6) is 1.09. The summed E-state index contributed by atoms with van der Waals surface area (Å²) in [6.45, 7) is 2.82. The molecular formula is C22H23ClN4O. The first-order valence-corrected chi connectivity index (χ1v) is 9.10. The minimum Gasteiger partial charge on any atom is -0.383 e. The number of guanidine groups is 1. The highest BCUT2D eigenvalue weighted by molar-refractivity contribution is 6.12. The predicted molar refractivity (Wildman–Crippen MR) is 118 cm³/mol. The molecule has 2 N–H and O–H groups in total. The number of aliphatic imine (C=N–C) groups is 2. The molecule has 0 amide bonds. The zero-order valence-corrected chi connectivity index (χ0v) is 16.3. The van der Waals surface area contributed by atoms with Crippen molar-refractivity contribution < 1.29 is 4.74 Å². The number of rotatable bonds is 2. The molecule has 0 unspecified atom stereocenters. The number of amidine groups is 1. The van der Waals surface area contributed by atoms with Gasteiger partial charge in [0.25, 0.3) is 0 Å². The summed E-state index contributed by atoms with van der Waals surface area (Å²) in [4.78, 5) is 11.6. The highest BCUT2D eigenvalue weighted by atomic mass is 35.5. The van der Waals surface area contributed by atoms with Crippen LogP contribution in [0, 0.1) is 0 Å². The molecule has 0 aliphatic carbocycles. The van der Waals surface area contributed by atoms with Crippen molar-refractivity contribution in [2.75, 3.05) is 26.3 Å². The Kier molecular flexibility index (Phi) is 6.63. The minimum absolute atomic E-state index is 0. The van der Waals surface area contributed by atoms with Crippen molar-refractivity contribution in [2.24, 2.45) is 15.7 Å². The third-order valence-electron chi connectivity index (χ3n) is 4.57. The number of morpholine rings is 1. The topological polar surface area (TPSA) is 63.2 Å². The van der Waals surface area contributed by atoms with Gasteiger partial charge in [0.1, 0.15) is 5.84 Å². The molecule has 1 saturated heterocycles. The number of fused-ring (bicyclic) bond motifs is 1. The van der Waals surface area contributed by atoms with E-state index in [0.29, 0.717) is 25.0 Å². The third kappa shape index (κ3) is 4.50. The molecule has 5 nitrogen and oxygen atoms in total. The van der Waals surface area contributed by atoms with Gasteiger partial charge in [-0.15, -0.1) is 12.4 Å². The Labute approximate surface area is 171 Å². The van der Waals surface area contributed by atoms with Crippen molar-refractivity contribution in [3.8, 4) is 0 Å². The van der Waals surface area contributed by atoms with E-state index in [0.717, 1.165) is 35.1 Å². The highest BCUT2D eigenvalue weighted by Gasteiger charge is 2.16. The van der Waals surface area contributed by atoms with E-state index in [-0.39, 0.29) is 12.4 Å². The number of para-hydroxylation sites is 1. The van der Waals surface area contributed by atoms with Crippen LogP contribution in [0.1, 0.15) is 5.56 Å². The van der Waals surface area contributed by atoms with E-state index in [2.05, 4.69) is 23.1 Å². The first-order valence-electron chi connectivity index (χ1n) is 9.10. The van der Waals surface area contributed by atoms with E-state index >= 15 is 0 Å². The lowest BCUT2D eigenvalue weighted by molar-refractivity contribution is 0.0676. The molecule has 3 aromatic carbocycles. The van der Waals surface area contributed by atoms with Gasteiger partial charge in [-0.1, -0.05) is 60.7 Å². The van der Waals surface area contributed by atoms with Gasteiger partial charge in [-0.05, 0) is 22.9 Å². The van der Waals surface area contributed by atoms with Gasteiger partial charge in [0.15, 0.2) is 0 Å². The van der Waals surface area contributed by atoms with Gasteiger partial charge in [0, 0.05) is 18.7 Å². The fourth-order valence-electron chi connectivity index (χ4n) is 3.16. The van der Waals surface area contributed by atoms with Crippen molar-refractivity contribution in [1.82, 2.24) is 4.90 Å². The molecule has 1 aliphatic heterocycles. The number of hydrogen-bond donors (Lipinski definition) is 1. The fraction of sp³-hybridized carbons (Fsp3) is 0.182. The van der Waals surface area contributed by atoms with Crippen molar-refractivity contribution in [2.45, 2.75) is 0 Å². The molecule has 144 valence electrons. The van der Waals surface area contributed by atoms with Crippen LogP contribution in [0.4, 0.5) is 5.69 Å². The molecule has 0 bridgehead atoms. The SMILES string of the molecule is Cl.NC(=NC(=Nc1ccccc1)N1CCOCC1)c1cccc2ccccc12. The molecule has 6 heteroatoms. The molecule has 1 heterocycles. The second-order valence-corrected chi connectivity index (χ2v) is 6.37. The second-order valence-electron chi connectivity index (χ2n) is 6.37. The van der Waals surface area contributed by atoms with E-state index in [1.165, 1.54) is 0 Å². The molecule has 0 radical (unpaired) electrons. The summed E-state index contributed by atoms with van der Waals surface area (Å²) in [5, 5.41) is 2.23. The van der Waals surface area contributed by atoms with Crippen LogP contribution in [-0.2, 0) is 4.74 Å². The van der Waals surface area contributed by atoms with E-state index in [1.807, 2.05) is 54.6 Å². The Morgan fingerprint density at radius 2 is 1.54 bits per heavy atom. The van der Waals surface area contributed by atoms with Crippen LogP contribution >= 0.6 is 12.4 Å². The van der Waals surface area contributed by atoms with Gasteiger partial charge < -0.3 is 15.4 Å². The van der Waals surface area contributed by atoms with Crippen molar-refractivity contribution >= 4 is 40.7 Å². The van der Waals surface area contributed by atoms with Crippen LogP contribution in [-0.4, -0.2) is 43.0 Å². The van der Waals surface area contributed by atoms with Crippen molar-refractivity contribution in [3.63, 3.8) is 0 Å². The average molecular weight is 395 g/mol. The highest BCUT2D eigenvalue weighted by Crippen LogP contribution is 2.19. The van der Waals surface area contributed by atoms with Crippen LogP contribution in [0.25, 0.3) is 10.8 Å². The molecule has 0 saturated carbocycles. The Bertz CT molecular complexity index is 977. The lowest BCUT2D eigenvalue weighted by Gasteiger charge is -2.27. The standard InChI is InChI=1S/C22H22N4O.ClH/c23-21(20-12-6-8-17-7-4-5-11-19(17)20)25-22(26-13-15-27-16-14-26)24-18-9-2-1-3-10-18;/h1-12H,13-16H2,(H2,23,24,25);1H. The van der Waals surface area contributed by atoms with Gasteiger partial charge in [0.05, 0.1) is 18.9 Å². The Morgan fingerprint density at radius 3 is 2.32 bits per heavy atom. The molecule has 0 aromatic heterocycles. The maximum Gasteiger partial charge on any atom is 0.228 e. The second kappa shape index (κ2) is 9.35. The fourth-order valence-corrected chi connectivity index (χ4v) is 3.16. The maximum atomic E-state index is 6.43. The molecule has 1 fully saturated rings. The Hall–Kier alpha value is -2.89. The first-order chi connectivity index (χ1) is 13.3. The summed E-state index contributed by atoms with van der Waals surface area (Å²) in [7, 11) is 0. The summed E-state index contributed by atoms with van der Waals surface area (Å²) < 4.78 is 5.47. The van der Waals surface area contributed by atoms with Crippen LogP contribution in [0.5, 0.6) is 0 Å². The Morgan fingerprint density at radius 1 is 0.857 bits per heavy atom. The molecule has 0 spiro atoms. The van der Waals surface area contributed by atoms with E-state index in [1.54, 1.807) is 0 Å². The largest absolute Gasteiger partial charge is 0.383 e. The smallest absolute Gasteiger partial charge is 0.228 e. The molecule has 4 rings (SSSR count). The number of ether oxygens (including phenoxy) is 1. The van der Waals surface area contributed by atoms with Gasteiger partial charge in [-0.3, -0.25) is 0 Å². The van der Waals surface area contributed by atoms with Gasteiger partial charge in [-0.2, -0.15) is 4.99 Å². The summed E-state index contributed by atoms with van der Waals surface area (Å²) >= 11 is 0. The van der Waals surface area contributed by atoms with Gasteiger partial charge >= 0.3 is 0 Å². The normalized spacial score (nSPS) is 15.4. The monoisotopic (exact) mass is 394 g/mol. The zero-order chi connectivity index (χ0) is 18.5. The van der Waals surface area contributed by atoms with E-state index < -0.39 is 0 Å². The number of nitrogens with two attached hydrogens (primary N) is 1.